The standard InChI is InChI=1S/C30H18BrNS/c31-29-25-18-20(32-26-14-5-3-11-22(26)23-12-4-6-15-27(23)32)16-17-28(25)33-30(29)24-13-7-9-19-8-1-2-10-21(19)24/h1-18H. The highest BCUT2D eigenvalue weighted by molar-refractivity contribution is 9.10. The van der Waals surface area contributed by atoms with Crippen LogP contribution < -0.4 is 0 Å². The number of aromatic nitrogens is 1. The Balaban J connectivity index is 1.49. The Morgan fingerprint density at radius 2 is 1.21 bits per heavy atom. The van der Waals surface area contributed by atoms with Crippen molar-refractivity contribution in [3.05, 3.63) is 114 Å². The van der Waals surface area contributed by atoms with Crippen LogP contribution in [0.4, 0.5) is 0 Å². The summed E-state index contributed by atoms with van der Waals surface area (Å²) in [6.07, 6.45) is 0. The Hall–Kier alpha value is -3.40. The number of nitrogens with zero attached hydrogens (tertiary/aromatic N) is 1. The highest BCUT2D eigenvalue weighted by atomic mass is 79.9. The van der Waals surface area contributed by atoms with E-state index in [0.29, 0.717) is 0 Å². The van der Waals surface area contributed by atoms with Crippen molar-refractivity contribution in [1.82, 2.24) is 4.57 Å². The molecule has 7 rings (SSSR count). The van der Waals surface area contributed by atoms with Crippen LogP contribution in [0.2, 0.25) is 0 Å². The van der Waals surface area contributed by atoms with Crippen molar-refractivity contribution < 1.29 is 0 Å². The van der Waals surface area contributed by atoms with E-state index in [9.17, 15) is 0 Å². The minimum atomic E-state index is 1.17. The summed E-state index contributed by atoms with van der Waals surface area (Å²) in [5.74, 6) is 0. The molecule has 0 N–H and O–H groups in total. The van der Waals surface area contributed by atoms with E-state index >= 15 is 0 Å². The first-order chi connectivity index (χ1) is 16.3. The third kappa shape index (κ3) is 2.83. The molecule has 0 atom stereocenters. The van der Waals surface area contributed by atoms with E-state index in [1.165, 1.54) is 63.3 Å². The molecule has 7 aromatic rings. The Morgan fingerprint density at radius 3 is 1.97 bits per heavy atom. The van der Waals surface area contributed by atoms with Crippen LogP contribution in [-0.2, 0) is 0 Å². The van der Waals surface area contributed by atoms with Gasteiger partial charge in [-0.15, -0.1) is 11.3 Å². The fraction of sp³-hybridized carbons (Fsp3) is 0. The topological polar surface area (TPSA) is 4.93 Å². The van der Waals surface area contributed by atoms with Crippen LogP contribution >= 0.6 is 27.3 Å². The van der Waals surface area contributed by atoms with Gasteiger partial charge < -0.3 is 4.57 Å². The molecule has 0 unspecified atom stereocenters. The van der Waals surface area contributed by atoms with Gasteiger partial charge in [0.15, 0.2) is 0 Å². The fourth-order valence-corrected chi connectivity index (χ4v) is 7.02. The largest absolute Gasteiger partial charge is 0.309 e. The molecule has 0 saturated heterocycles. The van der Waals surface area contributed by atoms with Crippen molar-refractivity contribution in [2.45, 2.75) is 0 Å². The summed E-state index contributed by atoms with van der Waals surface area (Å²) in [6, 6.07) is 39.3. The molecular weight excluding hydrogens is 486 g/mol. The van der Waals surface area contributed by atoms with E-state index < -0.39 is 0 Å². The van der Waals surface area contributed by atoms with Gasteiger partial charge in [-0.2, -0.15) is 0 Å². The van der Waals surface area contributed by atoms with Gasteiger partial charge in [-0.1, -0.05) is 78.9 Å². The Bertz CT molecular complexity index is 1780. The van der Waals surface area contributed by atoms with Gasteiger partial charge in [0.25, 0.3) is 0 Å². The van der Waals surface area contributed by atoms with Gasteiger partial charge in [-0.25, -0.2) is 0 Å². The minimum absolute atomic E-state index is 1.17. The molecule has 0 aliphatic rings. The van der Waals surface area contributed by atoms with Crippen LogP contribution in [-0.4, -0.2) is 4.57 Å². The quantitative estimate of drug-likeness (QED) is 0.221. The highest BCUT2D eigenvalue weighted by Crippen LogP contribution is 2.45. The van der Waals surface area contributed by atoms with E-state index in [4.69, 9.17) is 0 Å². The number of halogens is 1. The molecule has 0 aliphatic heterocycles. The summed E-state index contributed by atoms with van der Waals surface area (Å²) in [5, 5.41) is 6.38. The minimum Gasteiger partial charge on any atom is -0.309 e. The van der Waals surface area contributed by atoms with Crippen molar-refractivity contribution in [2.75, 3.05) is 0 Å². The van der Waals surface area contributed by atoms with Gasteiger partial charge in [-0.05, 0) is 57.0 Å². The molecule has 3 heteroatoms. The molecule has 2 heterocycles. The van der Waals surface area contributed by atoms with Crippen LogP contribution in [0.25, 0.3) is 58.8 Å². The third-order valence-electron chi connectivity index (χ3n) is 6.48. The summed E-state index contributed by atoms with van der Waals surface area (Å²) in [7, 11) is 0. The first-order valence-electron chi connectivity index (χ1n) is 11.0. The first kappa shape index (κ1) is 19.1. The molecule has 2 aromatic heterocycles. The lowest BCUT2D eigenvalue weighted by Crippen LogP contribution is -1.93. The van der Waals surface area contributed by atoms with Crippen molar-refractivity contribution in [3.8, 4) is 16.1 Å². The fourth-order valence-electron chi connectivity index (χ4n) is 4.99. The average Bonchev–Trinajstić information content (AvgIpc) is 3.38. The maximum Gasteiger partial charge on any atom is 0.0541 e. The zero-order valence-electron chi connectivity index (χ0n) is 17.6. The van der Waals surface area contributed by atoms with Gasteiger partial charge in [0.2, 0.25) is 0 Å². The highest BCUT2D eigenvalue weighted by Gasteiger charge is 2.16. The van der Waals surface area contributed by atoms with Gasteiger partial charge in [-0.3, -0.25) is 0 Å². The maximum atomic E-state index is 3.97. The molecular formula is C30H18BrNS. The SMILES string of the molecule is Brc1c(-c2cccc3ccccc23)sc2ccc(-n3c4ccccc4c4ccccc43)cc12. The van der Waals surface area contributed by atoms with E-state index in [1.807, 2.05) is 11.3 Å². The molecule has 1 nitrogen and oxygen atoms in total. The summed E-state index contributed by atoms with van der Waals surface area (Å²) in [5.41, 5.74) is 4.93. The number of para-hydroxylation sites is 2. The number of thiophene rings is 1. The molecule has 0 spiro atoms. The van der Waals surface area contributed by atoms with Gasteiger partial charge in [0.1, 0.15) is 0 Å². The van der Waals surface area contributed by atoms with E-state index in [2.05, 4.69) is 130 Å². The zero-order chi connectivity index (χ0) is 21.9. The summed E-state index contributed by atoms with van der Waals surface area (Å²) in [4.78, 5) is 1.28. The van der Waals surface area contributed by atoms with Gasteiger partial charge >= 0.3 is 0 Å². The van der Waals surface area contributed by atoms with Crippen LogP contribution in [0.15, 0.2) is 114 Å². The predicted molar refractivity (Wildman–Crippen MR) is 147 cm³/mol. The molecule has 0 radical (unpaired) electrons. The summed E-state index contributed by atoms with van der Waals surface area (Å²) >= 11 is 5.82. The van der Waals surface area contributed by atoms with E-state index in [0.717, 1.165) is 0 Å². The Morgan fingerprint density at radius 1 is 0.576 bits per heavy atom. The molecule has 0 fully saturated rings. The number of hydrogen-bond acceptors (Lipinski definition) is 1. The Labute approximate surface area is 203 Å². The number of hydrogen-bond donors (Lipinski definition) is 0. The molecule has 0 bridgehead atoms. The summed E-state index contributed by atoms with van der Waals surface area (Å²) in [6.45, 7) is 0. The number of rotatable bonds is 2. The lowest BCUT2D eigenvalue weighted by molar-refractivity contribution is 1.19. The van der Waals surface area contributed by atoms with E-state index in [-0.39, 0.29) is 0 Å². The maximum absolute atomic E-state index is 3.97. The third-order valence-corrected chi connectivity index (χ3v) is 8.77. The molecule has 5 aromatic carbocycles. The van der Waals surface area contributed by atoms with Crippen LogP contribution in [0.5, 0.6) is 0 Å². The lowest BCUT2D eigenvalue weighted by Gasteiger charge is -2.08. The molecule has 0 aliphatic carbocycles. The van der Waals surface area contributed by atoms with Crippen molar-refractivity contribution in [2.24, 2.45) is 0 Å². The number of fused-ring (bicyclic) bond motifs is 5. The second-order valence-electron chi connectivity index (χ2n) is 8.32. The molecule has 0 amide bonds. The van der Waals surface area contributed by atoms with Crippen LogP contribution in [0, 0.1) is 0 Å². The predicted octanol–water partition coefficient (Wildman–Crippen LogP) is 9.58. The molecule has 33 heavy (non-hydrogen) atoms. The van der Waals surface area contributed by atoms with Crippen molar-refractivity contribution in [3.63, 3.8) is 0 Å². The van der Waals surface area contributed by atoms with Crippen LogP contribution in [0.3, 0.4) is 0 Å². The Kier molecular flexibility index (Phi) is 4.23. The zero-order valence-corrected chi connectivity index (χ0v) is 20.0. The molecule has 156 valence electrons. The monoisotopic (exact) mass is 503 g/mol. The second-order valence-corrected chi connectivity index (χ2v) is 10.2. The van der Waals surface area contributed by atoms with Crippen LogP contribution in [0.1, 0.15) is 0 Å². The molecule has 0 saturated carbocycles. The van der Waals surface area contributed by atoms with E-state index in [1.54, 1.807) is 0 Å². The van der Waals surface area contributed by atoms with Gasteiger partial charge in [0, 0.05) is 36.6 Å². The first-order valence-corrected chi connectivity index (χ1v) is 12.6. The van der Waals surface area contributed by atoms with Gasteiger partial charge in [0.05, 0.1) is 15.9 Å². The lowest BCUT2D eigenvalue weighted by atomic mass is 10.0. The normalized spacial score (nSPS) is 11.8. The average molecular weight is 504 g/mol. The second kappa shape index (κ2) is 7.31. The smallest absolute Gasteiger partial charge is 0.0541 e. The number of benzene rings is 5. The van der Waals surface area contributed by atoms with Crippen molar-refractivity contribution in [1.29, 1.82) is 0 Å². The summed E-state index contributed by atoms with van der Waals surface area (Å²) < 4.78 is 4.84. The van der Waals surface area contributed by atoms with Crippen molar-refractivity contribution >= 4 is 69.9 Å².